The standard InChI is InChI=1S/C24H27FN4O4/c1-31-20-10-7-17(12-21(20)32-2)23-27-22(33-28-23)15-29-11-3-4-18(14-29)24(30)26-13-16-5-8-19(25)9-6-16/h5-10,12,18H,3-4,11,13-15H2,1-2H3,(H,26,30)/t18-/m1/s1. The number of hydrogen-bond acceptors (Lipinski definition) is 7. The van der Waals surface area contributed by atoms with Gasteiger partial charge in [0.05, 0.1) is 26.7 Å². The average Bonchev–Trinajstić information content (AvgIpc) is 3.31. The first-order valence-electron chi connectivity index (χ1n) is 10.8. The summed E-state index contributed by atoms with van der Waals surface area (Å²) in [6.07, 6.45) is 1.73. The van der Waals surface area contributed by atoms with Crippen molar-refractivity contribution in [2.45, 2.75) is 25.9 Å². The molecule has 1 N–H and O–H groups in total. The topological polar surface area (TPSA) is 89.7 Å². The summed E-state index contributed by atoms with van der Waals surface area (Å²) in [6, 6.07) is 11.6. The van der Waals surface area contributed by atoms with Gasteiger partial charge in [0.1, 0.15) is 5.82 Å². The maximum Gasteiger partial charge on any atom is 0.241 e. The zero-order valence-electron chi connectivity index (χ0n) is 18.7. The minimum absolute atomic E-state index is 0.000529. The smallest absolute Gasteiger partial charge is 0.241 e. The van der Waals surface area contributed by atoms with Crippen LogP contribution >= 0.6 is 0 Å². The summed E-state index contributed by atoms with van der Waals surface area (Å²) in [7, 11) is 3.16. The minimum atomic E-state index is -0.289. The van der Waals surface area contributed by atoms with E-state index in [-0.39, 0.29) is 17.6 Å². The third-order valence-corrected chi connectivity index (χ3v) is 5.72. The molecule has 2 heterocycles. The third kappa shape index (κ3) is 5.67. The van der Waals surface area contributed by atoms with Crippen LogP contribution in [0.2, 0.25) is 0 Å². The number of carbonyl (C=O) groups is 1. The minimum Gasteiger partial charge on any atom is -0.493 e. The van der Waals surface area contributed by atoms with E-state index in [0.29, 0.717) is 42.8 Å². The van der Waals surface area contributed by atoms with Crippen molar-refractivity contribution >= 4 is 5.91 Å². The van der Waals surface area contributed by atoms with Crippen molar-refractivity contribution in [2.24, 2.45) is 5.92 Å². The molecule has 0 radical (unpaired) electrons. The normalized spacial score (nSPS) is 16.4. The van der Waals surface area contributed by atoms with Gasteiger partial charge in [0, 0.05) is 18.7 Å². The van der Waals surface area contributed by atoms with Gasteiger partial charge in [-0.2, -0.15) is 4.98 Å². The van der Waals surface area contributed by atoms with E-state index in [2.05, 4.69) is 20.4 Å². The van der Waals surface area contributed by atoms with Gasteiger partial charge in [-0.1, -0.05) is 17.3 Å². The molecule has 3 aromatic rings. The molecular weight excluding hydrogens is 427 g/mol. The highest BCUT2D eigenvalue weighted by molar-refractivity contribution is 5.79. The van der Waals surface area contributed by atoms with Crippen molar-refractivity contribution in [2.75, 3.05) is 27.3 Å². The Balaban J connectivity index is 1.33. The van der Waals surface area contributed by atoms with Crippen LogP contribution in [-0.4, -0.2) is 48.3 Å². The molecule has 2 aromatic carbocycles. The first-order chi connectivity index (χ1) is 16.1. The van der Waals surface area contributed by atoms with E-state index in [1.54, 1.807) is 38.5 Å². The molecule has 0 bridgehead atoms. The van der Waals surface area contributed by atoms with Gasteiger partial charge >= 0.3 is 0 Å². The Labute approximate surface area is 191 Å². The molecular formula is C24H27FN4O4. The third-order valence-electron chi connectivity index (χ3n) is 5.72. The van der Waals surface area contributed by atoms with Crippen molar-refractivity contribution in [3.05, 3.63) is 59.7 Å². The van der Waals surface area contributed by atoms with E-state index >= 15 is 0 Å². The number of amides is 1. The Kier molecular flexibility index (Phi) is 7.19. The predicted octanol–water partition coefficient (Wildman–Crippen LogP) is 3.42. The Morgan fingerprint density at radius 1 is 1.18 bits per heavy atom. The monoisotopic (exact) mass is 454 g/mol. The van der Waals surface area contributed by atoms with Gasteiger partial charge in [0.25, 0.3) is 0 Å². The van der Waals surface area contributed by atoms with Crippen LogP contribution in [-0.2, 0) is 17.9 Å². The maximum atomic E-state index is 13.0. The molecule has 0 spiro atoms. The van der Waals surface area contributed by atoms with Crippen molar-refractivity contribution in [1.29, 1.82) is 0 Å². The highest BCUT2D eigenvalue weighted by atomic mass is 19.1. The van der Waals surface area contributed by atoms with E-state index in [4.69, 9.17) is 14.0 Å². The summed E-state index contributed by atoms with van der Waals surface area (Å²) in [6.45, 7) is 2.33. The first kappa shape index (κ1) is 22.7. The summed E-state index contributed by atoms with van der Waals surface area (Å²) in [4.78, 5) is 19.3. The van der Waals surface area contributed by atoms with E-state index in [1.807, 2.05) is 6.07 Å². The average molecular weight is 455 g/mol. The fourth-order valence-electron chi connectivity index (χ4n) is 3.95. The number of benzene rings is 2. The van der Waals surface area contributed by atoms with Crippen LogP contribution in [0, 0.1) is 11.7 Å². The predicted molar refractivity (Wildman–Crippen MR) is 119 cm³/mol. The van der Waals surface area contributed by atoms with Crippen LogP contribution in [0.5, 0.6) is 11.5 Å². The molecule has 8 nitrogen and oxygen atoms in total. The lowest BCUT2D eigenvalue weighted by Gasteiger charge is -2.30. The number of piperidine rings is 1. The Morgan fingerprint density at radius 2 is 1.97 bits per heavy atom. The van der Waals surface area contributed by atoms with Gasteiger partial charge in [-0.15, -0.1) is 0 Å². The van der Waals surface area contributed by atoms with Gasteiger partial charge in [-0.25, -0.2) is 4.39 Å². The van der Waals surface area contributed by atoms with Gasteiger partial charge in [0.15, 0.2) is 11.5 Å². The van der Waals surface area contributed by atoms with Crippen molar-refractivity contribution in [3.63, 3.8) is 0 Å². The summed E-state index contributed by atoms with van der Waals surface area (Å²) in [5.41, 5.74) is 1.63. The second kappa shape index (κ2) is 10.4. The largest absolute Gasteiger partial charge is 0.493 e. The summed E-state index contributed by atoms with van der Waals surface area (Å²) in [5, 5.41) is 7.05. The molecule has 9 heteroatoms. The Hall–Kier alpha value is -3.46. The zero-order valence-corrected chi connectivity index (χ0v) is 18.7. The highest BCUT2D eigenvalue weighted by Crippen LogP contribution is 2.31. The quantitative estimate of drug-likeness (QED) is 0.558. The lowest BCUT2D eigenvalue weighted by atomic mass is 9.97. The number of nitrogens with one attached hydrogen (secondary N) is 1. The van der Waals surface area contributed by atoms with Gasteiger partial charge in [0.2, 0.25) is 17.6 Å². The number of methoxy groups -OCH3 is 2. The number of hydrogen-bond donors (Lipinski definition) is 1. The highest BCUT2D eigenvalue weighted by Gasteiger charge is 2.27. The number of halogens is 1. The number of ether oxygens (including phenoxy) is 2. The zero-order chi connectivity index (χ0) is 23.2. The molecule has 0 aliphatic carbocycles. The molecule has 1 aromatic heterocycles. The summed E-state index contributed by atoms with van der Waals surface area (Å²) in [5.74, 6) is 1.77. The molecule has 4 rings (SSSR count). The maximum absolute atomic E-state index is 13.0. The lowest BCUT2D eigenvalue weighted by Crippen LogP contribution is -2.42. The van der Waals surface area contributed by atoms with Crippen LogP contribution in [0.1, 0.15) is 24.3 Å². The van der Waals surface area contributed by atoms with Gasteiger partial charge < -0.3 is 19.3 Å². The summed E-state index contributed by atoms with van der Waals surface area (Å²) < 4.78 is 29.1. The van der Waals surface area contributed by atoms with E-state index in [9.17, 15) is 9.18 Å². The molecule has 0 unspecified atom stereocenters. The molecule has 1 amide bonds. The second-order valence-electron chi connectivity index (χ2n) is 8.00. The van der Waals surface area contributed by atoms with Gasteiger partial charge in [-0.3, -0.25) is 9.69 Å². The first-order valence-corrected chi connectivity index (χ1v) is 10.8. The van der Waals surface area contributed by atoms with Crippen LogP contribution in [0.3, 0.4) is 0 Å². The fourth-order valence-corrected chi connectivity index (χ4v) is 3.95. The molecule has 0 saturated carbocycles. The van der Waals surface area contributed by atoms with Gasteiger partial charge in [-0.05, 0) is 55.3 Å². The SMILES string of the molecule is COc1ccc(-c2noc(CN3CCC[C@@H](C(=O)NCc4ccc(F)cc4)C3)n2)cc1OC. The van der Waals surface area contributed by atoms with E-state index in [1.165, 1.54) is 12.1 Å². The number of aromatic nitrogens is 2. The van der Waals surface area contributed by atoms with Crippen LogP contribution in [0.15, 0.2) is 47.0 Å². The Morgan fingerprint density at radius 3 is 2.73 bits per heavy atom. The number of carbonyl (C=O) groups excluding carboxylic acids is 1. The van der Waals surface area contributed by atoms with E-state index < -0.39 is 0 Å². The number of rotatable bonds is 8. The summed E-state index contributed by atoms with van der Waals surface area (Å²) >= 11 is 0. The molecule has 1 atom stereocenters. The number of nitrogens with zero attached hydrogens (tertiary/aromatic N) is 3. The molecule has 1 saturated heterocycles. The van der Waals surface area contributed by atoms with Crippen LogP contribution < -0.4 is 14.8 Å². The molecule has 33 heavy (non-hydrogen) atoms. The fraction of sp³-hybridized carbons (Fsp3) is 0.375. The van der Waals surface area contributed by atoms with Crippen molar-refractivity contribution in [1.82, 2.24) is 20.4 Å². The molecule has 1 fully saturated rings. The molecule has 1 aliphatic rings. The van der Waals surface area contributed by atoms with Crippen molar-refractivity contribution < 1.29 is 23.2 Å². The Bertz CT molecular complexity index is 1090. The van der Waals surface area contributed by atoms with Crippen LogP contribution in [0.4, 0.5) is 4.39 Å². The van der Waals surface area contributed by atoms with E-state index in [0.717, 1.165) is 30.5 Å². The van der Waals surface area contributed by atoms with Crippen LogP contribution in [0.25, 0.3) is 11.4 Å². The molecule has 174 valence electrons. The second-order valence-corrected chi connectivity index (χ2v) is 8.00. The lowest BCUT2D eigenvalue weighted by molar-refractivity contribution is -0.127. The number of likely N-dealkylation sites (tertiary alicyclic amines) is 1. The molecule has 1 aliphatic heterocycles. The van der Waals surface area contributed by atoms with Crippen molar-refractivity contribution in [3.8, 4) is 22.9 Å².